The summed E-state index contributed by atoms with van der Waals surface area (Å²) in [5.74, 6) is -4.19. The lowest BCUT2D eigenvalue weighted by Crippen LogP contribution is -2.33. The van der Waals surface area contributed by atoms with E-state index < -0.39 is 23.6 Å². The van der Waals surface area contributed by atoms with Crippen molar-refractivity contribution in [3.05, 3.63) is 35.9 Å². The van der Waals surface area contributed by atoms with Crippen LogP contribution in [0.2, 0.25) is 0 Å². The number of aliphatic carboxylic acids is 1. The van der Waals surface area contributed by atoms with E-state index in [2.05, 4.69) is 0 Å². The van der Waals surface area contributed by atoms with Crippen molar-refractivity contribution in [2.75, 3.05) is 0 Å². The third-order valence-corrected chi connectivity index (χ3v) is 2.89. The SMILES string of the molecule is CCC(=O)C(c1ccccc1)C(C(C)=O)C(=O)O. The number of carbonyl (C=O) groups is 3. The lowest BCUT2D eigenvalue weighted by Gasteiger charge is -2.20. The summed E-state index contributed by atoms with van der Waals surface area (Å²) in [4.78, 5) is 34.6. The zero-order valence-corrected chi connectivity index (χ0v) is 10.4. The summed E-state index contributed by atoms with van der Waals surface area (Å²) in [6.45, 7) is 2.87. The van der Waals surface area contributed by atoms with Crippen LogP contribution < -0.4 is 0 Å². The van der Waals surface area contributed by atoms with Crippen molar-refractivity contribution in [2.24, 2.45) is 5.92 Å². The molecule has 1 aromatic carbocycles. The van der Waals surface area contributed by atoms with Crippen LogP contribution in [0.25, 0.3) is 0 Å². The third kappa shape index (κ3) is 3.03. The molecule has 0 saturated heterocycles. The van der Waals surface area contributed by atoms with Gasteiger partial charge >= 0.3 is 5.97 Å². The fourth-order valence-corrected chi connectivity index (χ4v) is 2.00. The molecule has 0 bridgehead atoms. The first-order chi connectivity index (χ1) is 8.49. The molecule has 0 saturated carbocycles. The van der Waals surface area contributed by atoms with Crippen LogP contribution >= 0.6 is 0 Å². The van der Waals surface area contributed by atoms with Crippen molar-refractivity contribution in [1.29, 1.82) is 0 Å². The van der Waals surface area contributed by atoms with E-state index in [-0.39, 0.29) is 12.2 Å². The van der Waals surface area contributed by atoms with Gasteiger partial charge in [0.15, 0.2) is 0 Å². The second-order valence-electron chi connectivity index (χ2n) is 4.13. The monoisotopic (exact) mass is 248 g/mol. The van der Waals surface area contributed by atoms with Crippen LogP contribution in [0.4, 0.5) is 0 Å². The summed E-state index contributed by atoms with van der Waals surface area (Å²) in [5, 5.41) is 9.15. The quantitative estimate of drug-likeness (QED) is 0.782. The topological polar surface area (TPSA) is 71.4 Å². The van der Waals surface area contributed by atoms with Gasteiger partial charge in [-0.1, -0.05) is 37.3 Å². The van der Waals surface area contributed by atoms with Crippen molar-refractivity contribution < 1.29 is 19.5 Å². The lowest BCUT2D eigenvalue weighted by molar-refractivity contribution is -0.149. The molecule has 0 aromatic heterocycles. The maximum atomic E-state index is 11.9. The van der Waals surface area contributed by atoms with E-state index in [1.807, 2.05) is 0 Å². The Morgan fingerprint density at radius 3 is 2.11 bits per heavy atom. The number of carboxylic acid groups (broad SMARTS) is 1. The first-order valence-electron chi connectivity index (χ1n) is 5.80. The minimum Gasteiger partial charge on any atom is -0.481 e. The van der Waals surface area contributed by atoms with Crippen molar-refractivity contribution >= 4 is 17.5 Å². The van der Waals surface area contributed by atoms with Crippen LogP contribution in [0.5, 0.6) is 0 Å². The molecule has 0 fully saturated rings. The number of Topliss-reactive ketones (excluding diaryl/α,β-unsaturated/α-hetero) is 2. The predicted molar refractivity (Wildman–Crippen MR) is 66.3 cm³/mol. The van der Waals surface area contributed by atoms with Gasteiger partial charge in [-0.3, -0.25) is 14.4 Å². The Balaban J connectivity index is 3.25. The molecule has 4 heteroatoms. The highest BCUT2D eigenvalue weighted by Crippen LogP contribution is 2.28. The molecule has 96 valence electrons. The molecule has 2 atom stereocenters. The van der Waals surface area contributed by atoms with Crippen molar-refractivity contribution in [2.45, 2.75) is 26.2 Å². The van der Waals surface area contributed by atoms with Gasteiger partial charge < -0.3 is 5.11 Å². The number of carbonyl (C=O) groups excluding carboxylic acids is 2. The predicted octanol–water partition coefficient (Wildman–Crippen LogP) is 2.04. The molecule has 0 aliphatic carbocycles. The largest absolute Gasteiger partial charge is 0.481 e. The van der Waals surface area contributed by atoms with E-state index in [1.165, 1.54) is 6.92 Å². The van der Waals surface area contributed by atoms with Crippen LogP contribution in [-0.4, -0.2) is 22.6 Å². The fourth-order valence-electron chi connectivity index (χ4n) is 2.00. The number of hydrogen-bond donors (Lipinski definition) is 1. The Morgan fingerprint density at radius 1 is 1.17 bits per heavy atom. The first kappa shape index (κ1) is 14.1. The van der Waals surface area contributed by atoms with E-state index in [0.29, 0.717) is 5.56 Å². The number of carboxylic acids is 1. The number of ketones is 2. The Kier molecular flexibility index (Phi) is 4.77. The minimum absolute atomic E-state index is 0.205. The average molecular weight is 248 g/mol. The van der Waals surface area contributed by atoms with Gasteiger partial charge in [0.05, 0.1) is 5.92 Å². The smallest absolute Gasteiger partial charge is 0.315 e. The Labute approximate surface area is 106 Å². The van der Waals surface area contributed by atoms with Crippen LogP contribution in [0, 0.1) is 5.92 Å². The van der Waals surface area contributed by atoms with E-state index in [1.54, 1.807) is 37.3 Å². The van der Waals surface area contributed by atoms with Gasteiger partial charge in [-0.15, -0.1) is 0 Å². The van der Waals surface area contributed by atoms with Crippen molar-refractivity contribution in [3.63, 3.8) is 0 Å². The number of rotatable bonds is 6. The molecule has 4 nitrogen and oxygen atoms in total. The molecule has 1 aromatic rings. The third-order valence-electron chi connectivity index (χ3n) is 2.89. The van der Waals surface area contributed by atoms with Crippen molar-refractivity contribution in [1.82, 2.24) is 0 Å². The van der Waals surface area contributed by atoms with Gasteiger partial charge in [-0.05, 0) is 12.5 Å². The van der Waals surface area contributed by atoms with Gasteiger partial charge in [-0.2, -0.15) is 0 Å². The fraction of sp³-hybridized carbons (Fsp3) is 0.357. The molecular formula is C14H16O4. The second kappa shape index (κ2) is 6.10. The highest BCUT2D eigenvalue weighted by atomic mass is 16.4. The average Bonchev–Trinajstić information content (AvgIpc) is 2.34. The zero-order valence-electron chi connectivity index (χ0n) is 10.4. The Bertz CT molecular complexity index is 436. The molecule has 0 radical (unpaired) electrons. The number of benzene rings is 1. The van der Waals surface area contributed by atoms with Crippen LogP contribution in [-0.2, 0) is 14.4 Å². The summed E-state index contributed by atoms with van der Waals surface area (Å²) in [5.41, 5.74) is 0.576. The molecule has 18 heavy (non-hydrogen) atoms. The summed E-state index contributed by atoms with van der Waals surface area (Å²) in [7, 11) is 0. The normalized spacial score (nSPS) is 13.7. The molecule has 0 heterocycles. The van der Waals surface area contributed by atoms with Gasteiger partial charge in [0.1, 0.15) is 17.5 Å². The van der Waals surface area contributed by atoms with Crippen molar-refractivity contribution in [3.8, 4) is 0 Å². The summed E-state index contributed by atoms with van der Waals surface area (Å²) < 4.78 is 0. The summed E-state index contributed by atoms with van der Waals surface area (Å²) in [6.07, 6.45) is 0.205. The Hall–Kier alpha value is -1.97. The first-order valence-corrected chi connectivity index (χ1v) is 5.80. The van der Waals surface area contributed by atoms with Gasteiger partial charge in [-0.25, -0.2) is 0 Å². The molecule has 0 aliphatic heterocycles. The molecule has 0 spiro atoms. The van der Waals surface area contributed by atoms with Crippen LogP contribution in [0.1, 0.15) is 31.7 Å². The highest BCUT2D eigenvalue weighted by Gasteiger charge is 2.37. The lowest BCUT2D eigenvalue weighted by atomic mass is 9.80. The van der Waals surface area contributed by atoms with Gasteiger partial charge in [0.2, 0.25) is 0 Å². The van der Waals surface area contributed by atoms with Gasteiger partial charge in [0, 0.05) is 6.42 Å². The van der Waals surface area contributed by atoms with Gasteiger partial charge in [0.25, 0.3) is 0 Å². The highest BCUT2D eigenvalue weighted by molar-refractivity contribution is 6.04. The van der Waals surface area contributed by atoms with Crippen LogP contribution in [0.3, 0.4) is 0 Å². The molecule has 0 aliphatic rings. The van der Waals surface area contributed by atoms with E-state index >= 15 is 0 Å². The number of hydrogen-bond acceptors (Lipinski definition) is 3. The maximum absolute atomic E-state index is 11.9. The summed E-state index contributed by atoms with van der Waals surface area (Å²) >= 11 is 0. The zero-order chi connectivity index (χ0) is 13.7. The molecule has 1 N–H and O–H groups in total. The molecule has 0 amide bonds. The standard InChI is InChI=1S/C14H16O4/c1-3-11(16)13(10-7-5-4-6-8-10)12(9(2)15)14(17)18/h4-8,12-13H,3H2,1-2H3,(H,17,18). The second-order valence-corrected chi connectivity index (χ2v) is 4.13. The molecular weight excluding hydrogens is 232 g/mol. The molecule has 1 rings (SSSR count). The molecule has 2 unspecified atom stereocenters. The van der Waals surface area contributed by atoms with E-state index in [9.17, 15) is 14.4 Å². The minimum atomic E-state index is -1.31. The van der Waals surface area contributed by atoms with Crippen LogP contribution in [0.15, 0.2) is 30.3 Å². The summed E-state index contributed by atoms with van der Waals surface area (Å²) in [6, 6.07) is 8.59. The maximum Gasteiger partial charge on any atom is 0.315 e. The van der Waals surface area contributed by atoms with E-state index in [0.717, 1.165) is 0 Å². The van der Waals surface area contributed by atoms with E-state index in [4.69, 9.17) is 5.11 Å². The Morgan fingerprint density at radius 2 is 1.72 bits per heavy atom.